The molecule has 1 unspecified atom stereocenters. The first-order valence-electron chi connectivity index (χ1n) is 5.78. The van der Waals surface area contributed by atoms with Gasteiger partial charge < -0.3 is 4.98 Å². The highest BCUT2D eigenvalue weighted by Gasteiger charge is 2.22. The second-order valence-corrected chi connectivity index (χ2v) is 6.02. The number of aryl methyl sites for hydroxylation is 1. The Morgan fingerprint density at radius 1 is 1.35 bits per heavy atom. The standard InChI is InChI=1S/C12H13F2N3O2S/c1-7(10-4-3-9(13)5-11(10)14)17-20(18,19)12-6-15-8(2)16-12/h3-7,17H,1-2H3,(H,15,16). The third-order valence-corrected chi connectivity index (χ3v) is 4.18. The summed E-state index contributed by atoms with van der Waals surface area (Å²) >= 11 is 0. The summed E-state index contributed by atoms with van der Waals surface area (Å²) in [4.78, 5) is 6.38. The van der Waals surface area contributed by atoms with Gasteiger partial charge in [0.05, 0.1) is 6.20 Å². The zero-order valence-corrected chi connectivity index (χ0v) is 11.6. The minimum Gasteiger partial charge on any atom is -0.332 e. The van der Waals surface area contributed by atoms with E-state index in [2.05, 4.69) is 14.7 Å². The van der Waals surface area contributed by atoms with E-state index >= 15 is 0 Å². The van der Waals surface area contributed by atoms with Crippen molar-refractivity contribution in [2.24, 2.45) is 0 Å². The van der Waals surface area contributed by atoms with Gasteiger partial charge in [-0.25, -0.2) is 26.9 Å². The molecule has 8 heteroatoms. The van der Waals surface area contributed by atoms with Crippen molar-refractivity contribution in [1.29, 1.82) is 0 Å². The van der Waals surface area contributed by atoms with Crippen LogP contribution in [0, 0.1) is 18.6 Å². The van der Waals surface area contributed by atoms with E-state index < -0.39 is 27.7 Å². The quantitative estimate of drug-likeness (QED) is 0.907. The Bertz CT molecular complexity index is 728. The Kier molecular flexibility index (Phi) is 3.87. The molecule has 0 aliphatic heterocycles. The van der Waals surface area contributed by atoms with Crippen LogP contribution in [-0.4, -0.2) is 18.4 Å². The zero-order valence-electron chi connectivity index (χ0n) is 10.8. The van der Waals surface area contributed by atoms with Crippen LogP contribution in [0.4, 0.5) is 8.78 Å². The van der Waals surface area contributed by atoms with Crippen molar-refractivity contribution in [2.75, 3.05) is 0 Å². The van der Waals surface area contributed by atoms with Gasteiger partial charge in [0, 0.05) is 17.7 Å². The first-order chi connectivity index (χ1) is 9.29. The van der Waals surface area contributed by atoms with Crippen LogP contribution in [0.3, 0.4) is 0 Å². The van der Waals surface area contributed by atoms with E-state index in [-0.39, 0.29) is 10.6 Å². The summed E-state index contributed by atoms with van der Waals surface area (Å²) in [5, 5.41) is -0.107. The molecule has 0 bridgehead atoms. The summed E-state index contributed by atoms with van der Waals surface area (Å²) in [6.07, 6.45) is 1.17. The number of hydrogen-bond donors (Lipinski definition) is 2. The summed E-state index contributed by atoms with van der Waals surface area (Å²) < 4.78 is 52.8. The molecule has 1 atom stereocenters. The second kappa shape index (κ2) is 5.29. The van der Waals surface area contributed by atoms with Crippen LogP contribution in [0.15, 0.2) is 29.4 Å². The molecule has 108 valence electrons. The number of benzene rings is 1. The predicted octanol–water partition coefficient (Wildman–Crippen LogP) is 2.04. The molecule has 20 heavy (non-hydrogen) atoms. The van der Waals surface area contributed by atoms with Gasteiger partial charge >= 0.3 is 0 Å². The first-order valence-corrected chi connectivity index (χ1v) is 7.27. The maximum absolute atomic E-state index is 13.6. The molecule has 0 spiro atoms. The number of nitrogens with one attached hydrogen (secondary N) is 2. The Morgan fingerprint density at radius 3 is 2.60 bits per heavy atom. The van der Waals surface area contributed by atoms with Crippen LogP contribution in [0.2, 0.25) is 0 Å². The molecular formula is C12H13F2N3O2S. The van der Waals surface area contributed by atoms with Gasteiger partial charge in [0.2, 0.25) is 0 Å². The monoisotopic (exact) mass is 301 g/mol. The fraction of sp³-hybridized carbons (Fsp3) is 0.250. The molecule has 1 aromatic carbocycles. The van der Waals surface area contributed by atoms with E-state index in [4.69, 9.17) is 0 Å². The lowest BCUT2D eigenvalue weighted by Crippen LogP contribution is -2.27. The molecule has 1 heterocycles. The van der Waals surface area contributed by atoms with Crippen molar-refractivity contribution in [3.8, 4) is 0 Å². The first kappa shape index (κ1) is 14.6. The molecule has 2 N–H and O–H groups in total. The van der Waals surface area contributed by atoms with E-state index in [0.29, 0.717) is 11.9 Å². The maximum atomic E-state index is 13.6. The third kappa shape index (κ3) is 3.02. The molecule has 0 saturated carbocycles. The third-order valence-electron chi connectivity index (χ3n) is 2.73. The average Bonchev–Trinajstić information content (AvgIpc) is 2.75. The maximum Gasteiger partial charge on any atom is 0.258 e. The molecule has 0 amide bonds. The van der Waals surface area contributed by atoms with Crippen molar-refractivity contribution in [1.82, 2.24) is 14.7 Å². The van der Waals surface area contributed by atoms with Gasteiger partial charge in [0.15, 0.2) is 5.03 Å². The zero-order chi connectivity index (χ0) is 14.9. The van der Waals surface area contributed by atoms with Gasteiger partial charge in [0.1, 0.15) is 17.5 Å². The number of nitrogens with zero attached hydrogens (tertiary/aromatic N) is 1. The van der Waals surface area contributed by atoms with Crippen LogP contribution in [0.25, 0.3) is 0 Å². The number of sulfonamides is 1. The SMILES string of the molecule is Cc1ncc(S(=O)(=O)NC(C)c2ccc(F)cc2F)[nH]1. The Morgan fingerprint density at radius 2 is 2.05 bits per heavy atom. The van der Waals surface area contributed by atoms with Gasteiger partial charge in [-0.2, -0.15) is 0 Å². The van der Waals surface area contributed by atoms with Gasteiger partial charge in [0.25, 0.3) is 10.0 Å². The van der Waals surface area contributed by atoms with Gasteiger partial charge in [-0.1, -0.05) is 6.07 Å². The molecule has 5 nitrogen and oxygen atoms in total. The van der Waals surface area contributed by atoms with Crippen molar-refractivity contribution in [3.05, 3.63) is 47.4 Å². The fourth-order valence-electron chi connectivity index (χ4n) is 1.75. The number of aromatic amines is 1. The normalized spacial score (nSPS) is 13.4. The molecule has 2 rings (SSSR count). The molecular weight excluding hydrogens is 288 g/mol. The molecule has 0 aliphatic rings. The van der Waals surface area contributed by atoms with Crippen LogP contribution < -0.4 is 4.72 Å². The second-order valence-electron chi connectivity index (χ2n) is 4.34. The lowest BCUT2D eigenvalue weighted by molar-refractivity contribution is 0.538. The largest absolute Gasteiger partial charge is 0.332 e. The Labute approximate surface area is 115 Å². The summed E-state index contributed by atoms with van der Waals surface area (Å²) in [5.74, 6) is -1.07. The molecule has 0 aliphatic carbocycles. The van der Waals surface area contributed by atoms with Crippen LogP contribution >= 0.6 is 0 Å². The molecule has 0 fully saturated rings. The summed E-state index contributed by atoms with van der Waals surface area (Å²) in [7, 11) is -3.84. The lowest BCUT2D eigenvalue weighted by Gasteiger charge is -2.14. The van der Waals surface area contributed by atoms with Crippen molar-refractivity contribution >= 4 is 10.0 Å². The highest BCUT2D eigenvalue weighted by atomic mass is 32.2. The number of halogens is 2. The summed E-state index contributed by atoms with van der Waals surface area (Å²) in [6.45, 7) is 3.08. The van der Waals surface area contributed by atoms with E-state index in [1.807, 2.05) is 0 Å². The van der Waals surface area contributed by atoms with Gasteiger partial charge in [-0.15, -0.1) is 0 Å². The minimum atomic E-state index is -3.84. The molecule has 1 aromatic heterocycles. The molecule has 0 radical (unpaired) electrons. The topological polar surface area (TPSA) is 74.8 Å². The van der Waals surface area contributed by atoms with Crippen LogP contribution in [0.5, 0.6) is 0 Å². The highest BCUT2D eigenvalue weighted by molar-refractivity contribution is 7.89. The smallest absolute Gasteiger partial charge is 0.258 e. The fourth-order valence-corrected chi connectivity index (χ4v) is 2.94. The lowest BCUT2D eigenvalue weighted by atomic mass is 10.1. The average molecular weight is 301 g/mol. The Hall–Kier alpha value is -1.80. The van der Waals surface area contributed by atoms with Crippen LogP contribution in [0.1, 0.15) is 24.4 Å². The van der Waals surface area contributed by atoms with Crippen molar-refractivity contribution in [3.63, 3.8) is 0 Å². The van der Waals surface area contributed by atoms with E-state index in [1.54, 1.807) is 6.92 Å². The summed E-state index contributed by atoms with van der Waals surface area (Å²) in [6, 6.07) is 2.14. The Balaban J connectivity index is 2.25. The van der Waals surface area contributed by atoms with Crippen molar-refractivity contribution < 1.29 is 17.2 Å². The van der Waals surface area contributed by atoms with E-state index in [0.717, 1.165) is 6.07 Å². The summed E-state index contributed by atoms with van der Waals surface area (Å²) in [5.41, 5.74) is 0.0613. The minimum absolute atomic E-state index is 0.0613. The molecule has 0 saturated heterocycles. The van der Waals surface area contributed by atoms with E-state index in [9.17, 15) is 17.2 Å². The number of rotatable bonds is 4. The predicted molar refractivity (Wildman–Crippen MR) is 68.4 cm³/mol. The number of H-pyrrole nitrogens is 1. The molecule has 2 aromatic rings. The van der Waals surface area contributed by atoms with Gasteiger partial charge in [-0.3, -0.25) is 0 Å². The number of imidazole rings is 1. The number of aromatic nitrogens is 2. The number of hydrogen-bond acceptors (Lipinski definition) is 3. The van der Waals surface area contributed by atoms with Crippen LogP contribution in [-0.2, 0) is 10.0 Å². The van der Waals surface area contributed by atoms with Gasteiger partial charge in [-0.05, 0) is 19.9 Å². The van der Waals surface area contributed by atoms with Crippen molar-refractivity contribution in [2.45, 2.75) is 24.9 Å². The highest BCUT2D eigenvalue weighted by Crippen LogP contribution is 2.19. The van der Waals surface area contributed by atoms with E-state index in [1.165, 1.54) is 19.2 Å².